The quantitative estimate of drug-likeness (QED) is 0.817. The molecule has 1 aromatic carbocycles. The highest BCUT2D eigenvalue weighted by atomic mass is 16.5. The molecule has 2 aliphatic carbocycles. The molecule has 1 aliphatic heterocycles. The molecular formula is C20H29NO. The van der Waals surface area contributed by atoms with E-state index in [2.05, 4.69) is 29.2 Å². The van der Waals surface area contributed by atoms with E-state index in [1.54, 1.807) is 7.11 Å². The molecule has 2 nitrogen and oxygen atoms in total. The number of likely N-dealkylation sites (tertiary alicyclic amines) is 1. The minimum absolute atomic E-state index is 0.688. The number of fused-ring (bicyclic) bond motifs is 2. The van der Waals surface area contributed by atoms with Gasteiger partial charge in [0.1, 0.15) is 5.75 Å². The first-order chi connectivity index (χ1) is 10.8. The van der Waals surface area contributed by atoms with Gasteiger partial charge in [-0.2, -0.15) is 0 Å². The third-order valence-electron chi connectivity index (χ3n) is 6.49. The molecule has 2 atom stereocenters. The molecule has 2 heteroatoms. The third-order valence-corrected chi connectivity index (χ3v) is 6.49. The Morgan fingerprint density at radius 3 is 2.27 bits per heavy atom. The van der Waals surface area contributed by atoms with Crippen LogP contribution in [0.2, 0.25) is 0 Å². The Kier molecular flexibility index (Phi) is 4.13. The second kappa shape index (κ2) is 6.23. The zero-order valence-corrected chi connectivity index (χ0v) is 13.8. The molecule has 0 spiro atoms. The van der Waals surface area contributed by atoms with Gasteiger partial charge in [-0.1, -0.05) is 31.0 Å². The van der Waals surface area contributed by atoms with Crippen molar-refractivity contribution in [2.24, 2.45) is 11.8 Å². The van der Waals surface area contributed by atoms with Crippen molar-refractivity contribution < 1.29 is 4.74 Å². The first-order valence-electron chi connectivity index (χ1n) is 9.20. The first kappa shape index (κ1) is 14.6. The van der Waals surface area contributed by atoms with Gasteiger partial charge in [-0.05, 0) is 74.6 Å². The smallest absolute Gasteiger partial charge is 0.122 e. The van der Waals surface area contributed by atoms with Crippen LogP contribution >= 0.6 is 0 Å². The lowest BCUT2D eigenvalue weighted by Crippen LogP contribution is -2.43. The van der Waals surface area contributed by atoms with Crippen LogP contribution < -0.4 is 4.74 Å². The lowest BCUT2D eigenvalue weighted by atomic mass is 9.82. The highest BCUT2D eigenvalue weighted by Crippen LogP contribution is 2.44. The molecule has 0 amide bonds. The van der Waals surface area contributed by atoms with Crippen molar-refractivity contribution in [3.63, 3.8) is 0 Å². The summed E-state index contributed by atoms with van der Waals surface area (Å²) < 4.78 is 5.56. The monoisotopic (exact) mass is 299 g/mol. The summed E-state index contributed by atoms with van der Waals surface area (Å²) in [6.07, 6.45) is 10.1. The van der Waals surface area contributed by atoms with Crippen LogP contribution in [0.5, 0.6) is 5.75 Å². The maximum absolute atomic E-state index is 5.56. The number of nitrogens with zero attached hydrogens (tertiary/aromatic N) is 1. The highest BCUT2D eigenvalue weighted by molar-refractivity contribution is 5.36. The molecule has 4 rings (SSSR count). The fourth-order valence-corrected chi connectivity index (χ4v) is 5.35. The molecule has 2 unspecified atom stereocenters. The molecule has 0 radical (unpaired) electrons. The van der Waals surface area contributed by atoms with Gasteiger partial charge < -0.3 is 9.64 Å². The number of hydrogen-bond donors (Lipinski definition) is 0. The number of ether oxygens (including phenoxy) is 1. The van der Waals surface area contributed by atoms with Gasteiger partial charge in [-0.3, -0.25) is 0 Å². The Morgan fingerprint density at radius 2 is 1.59 bits per heavy atom. The maximum Gasteiger partial charge on any atom is 0.122 e. The molecule has 120 valence electrons. The summed E-state index contributed by atoms with van der Waals surface area (Å²) in [5.74, 6) is 3.87. The van der Waals surface area contributed by atoms with Crippen molar-refractivity contribution in [2.75, 3.05) is 20.2 Å². The van der Waals surface area contributed by atoms with Crippen LogP contribution in [0.3, 0.4) is 0 Å². The van der Waals surface area contributed by atoms with Gasteiger partial charge >= 0.3 is 0 Å². The van der Waals surface area contributed by atoms with Gasteiger partial charge in [-0.25, -0.2) is 0 Å². The van der Waals surface area contributed by atoms with Gasteiger partial charge in [0.2, 0.25) is 0 Å². The van der Waals surface area contributed by atoms with E-state index in [4.69, 9.17) is 4.74 Å². The second-order valence-corrected chi connectivity index (χ2v) is 7.72. The Bertz CT molecular complexity index is 494. The lowest BCUT2D eigenvalue weighted by molar-refractivity contribution is 0.0980. The Balaban J connectivity index is 1.38. The molecule has 22 heavy (non-hydrogen) atoms. The molecule has 2 bridgehead atoms. The third kappa shape index (κ3) is 2.78. The molecule has 1 heterocycles. The number of piperidine rings is 1. The summed E-state index contributed by atoms with van der Waals surface area (Å²) in [5, 5.41) is 0. The summed E-state index contributed by atoms with van der Waals surface area (Å²) in [7, 11) is 1.80. The van der Waals surface area contributed by atoms with E-state index >= 15 is 0 Å². The standard InChI is InChI=1S/C20H29NO/c1-22-20-5-3-2-4-19(20)17-8-10-21(11-9-17)18-13-15-6-7-16(12-15)14-18/h2-5,15-18H,6-14H2,1H3. The average molecular weight is 299 g/mol. The molecule has 0 aromatic heterocycles. The zero-order valence-electron chi connectivity index (χ0n) is 13.8. The minimum atomic E-state index is 0.688. The lowest BCUT2D eigenvalue weighted by Gasteiger charge is -2.41. The summed E-state index contributed by atoms with van der Waals surface area (Å²) in [5.41, 5.74) is 1.42. The van der Waals surface area contributed by atoms with Crippen molar-refractivity contribution >= 4 is 0 Å². The summed E-state index contributed by atoms with van der Waals surface area (Å²) in [6.45, 7) is 2.57. The predicted octanol–water partition coefficient (Wildman–Crippen LogP) is 4.45. The number of hydrogen-bond acceptors (Lipinski definition) is 2. The van der Waals surface area contributed by atoms with E-state index in [9.17, 15) is 0 Å². The Labute approximate surface area is 134 Å². The molecular weight excluding hydrogens is 270 g/mol. The van der Waals surface area contributed by atoms with Crippen LogP contribution in [0, 0.1) is 11.8 Å². The normalized spacial score (nSPS) is 33.0. The number of methoxy groups -OCH3 is 1. The van der Waals surface area contributed by atoms with Crippen molar-refractivity contribution in [2.45, 2.75) is 56.9 Å². The van der Waals surface area contributed by atoms with Gasteiger partial charge in [0, 0.05) is 6.04 Å². The van der Waals surface area contributed by atoms with E-state index in [0.717, 1.165) is 23.6 Å². The summed E-state index contributed by atoms with van der Waals surface area (Å²) >= 11 is 0. The van der Waals surface area contributed by atoms with Crippen LogP contribution in [-0.2, 0) is 0 Å². The summed E-state index contributed by atoms with van der Waals surface area (Å²) in [6, 6.07) is 9.50. The van der Waals surface area contributed by atoms with Gasteiger partial charge in [-0.15, -0.1) is 0 Å². The van der Waals surface area contributed by atoms with Gasteiger partial charge in [0.25, 0.3) is 0 Å². The molecule has 1 aromatic rings. The fourth-order valence-electron chi connectivity index (χ4n) is 5.35. The van der Waals surface area contributed by atoms with Crippen LogP contribution in [0.4, 0.5) is 0 Å². The van der Waals surface area contributed by atoms with Crippen molar-refractivity contribution in [3.05, 3.63) is 29.8 Å². The van der Waals surface area contributed by atoms with E-state index in [1.807, 2.05) is 0 Å². The molecule has 3 fully saturated rings. The second-order valence-electron chi connectivity index (χ2n) is 7.72. The van der Waals surface area contributed by atoms with Crippen LogP contribution in [0.25, 0.3) is 0 Å². The average Bonchev–Trinajstić information content (AvgIpc) is 2.93. The summed E-state index contributed by atoms with van der Waals surface area (Å²) in [4.78, 5) is 2.82. The SMILES string of the molecule is COc1ccccc1C1CCN(C2CC3CCC(C3)C2)CC1. The molecule has 1 saturated heterocycles. The first-order valence-corrected chi connectivity index (χ1v) is 9.20. The van der Waals surface area contributed by atoms with Gasteiger partial charge in [0.05, 0.1) is 7.11 Å². The number of benzene rings is 1. The zero-order chi connectivity index (χ0) is 14.9. The molecule has 3 aliphatic rings. The van der Waals surface area contributed by atoms with Crippen LogP contribution in [0.15, 0.2) is 24.3 Å². The Morgan fingerprint density at radius 1 is 0.909 bits per heavy atom. The van der Waals surface area contributed by atoms with E-state index in [0.29, 0.717) is 5.92 Å². The number of para-hydroxylation sites is 1. The van der Waals surface area contributed by atoms with E-state index < -0.39 is 0 Å². The molecule has 0 N–H and O–H groups in total. The number of rotatable bonds is 3. The molecule has 2 saturated carbocycles. The Hall–Kier alpha value is -1.02. The highest BCUT2D eigenvalue weighted by Gasteiger charge is 2.37. The predicted molar refractivity (Wildman–Crippen MR) is 90.4 cm³/mol. The van der Waals surface area contributed by atoms with Crippen molar-refractivity contribution in [1.82, 2.24) is 4.90 Å². The van der Waals surface area contributed by atoms with Crippen molar-refractivity contribution in [3.8, 4) is 5.75 Å². The van der Waals surface area contributed by atoms with E-state index in [-0.39, 0.29) is 0 Å². The maximum atomic E-state index is 5.56. The fraction of sp³-hybridized carbons (Fsp3) is 0.700. The van der Waals surface area contributed by atoms with Crippen LogP contribution in [0.1, 0.15) is 56.4 Å². The van der Waals surface area contributed by atoms with Crippen molar-refractivity contribution in [1.29, 1.82) is 0 Å². The largest absolute Gasteiger partial charge is 0.496 e. The van der Waals surface area contributed by atoms with E-state index in [1.165, 1.54) is 63.6 Å². The topological polar surface area (TPSA) is 12.5 Å². The van der Waals surface area contributed by atoms with Crippen LogP contribution in [-0.4, -0.2) is 31.1 Å². The van der Waals surface area contributed by atoms with Gasteiger partial charge in [0.15, 0.2) is 0 Å². The minimum Gasteiger partial charge on any atom is -0.496 e.